The van der Waals surface area contributed by atoms with Crippen molar-refractivity contribution in [3.63, 3.8) is 0 Å². The molecule has 1 N–H and O–H groups in total. The highest BCUT2D eigenvalue weighted by Crippen LogP contribution is 2.23. The van der Waals surface area contributed by atoms with Gasteiger partial charge in [-0.1, -0.05) is 0 Å². The van der Waals surface area contributed by atoms with Crippen molar-refractivity contribution in [1.29, 1.82) is 5.26 Å². The van der Waals surface area contributed by atoms with Gasteiger partial charge < -0.3 is 5.32 Å². The molecule has 2 heterocycles. The summed E-state index contributed by atoms with van der Waals surface area (Å²) in [4.78, 5) is 8.79. The molecule has 2 rings (SSSR count). The minimum atomic E-state index is 0.0464. The van der Waals surface area contributed by atoms with Crippen molar-refractivity contribution < 1.29 is 0 Å². The van der Waals surface area contributed by atoms with Gasteiger partial charge in [0.25, 0.3) is 0 Å². The van der Waals surface area contributed by atoms with Crippen LogP contribution in [0.3, 0.4) is 0 Å². The zero-order valence-electron chi connectivity index (χ0n) is 10.6. The third-order valence-electron chi connectivity index (χ3n) is 2.52. The Kier molecular flexibility index (Phi) is 3.58. The number of anilines is 1. The van der Waals surface area contributed by atoms with E-state index in [2.05, 4.69) is 21.4 Å². The van der Waals surface area contributed by atoms with Crippen molar-refractivity contribution in [3.8, 4) is 6.07 Å². The van der Waals surface area contributed by atoms with E-state index in [0.29, 0.717) is 11.4 Å². The lowest BCUT2D eigenvalue weighted by molar-refractivity contribution is 0.852. The number of hydrogen-bond donors (Lipinski definition) is 1. The fourth-order valence-electron chi connectivity index (χ4n) is 1.59. The molecular weight excluding hydrogens is 244 g/mol. The average molecular weight is 258 g/mol. The second-order valence-corrected chi connectivity index (χ2v) is 5.04. The van der Waals surface area contributed by atoms with Crippen LogP contribution >= 0.6 is 11.3 Å². The Hall–Kier alpha value is -1.93. The van der Waals surface area contributed by atoms with E-state index >= 15 is 0 Å². The lowest BCUT2D eigenvalue weighted by Gasteiger charge is -2.13. The standard InChI is InChI=1S/C13H14N4S/c1-8-4-5-11(6-14)12(15-8)17-10(3)13-16-9(2)7-18-13/h4-5,7,10H,1-3H3,(H,15,17). The van der Waals surface area contributed by atoms with E-state index < -0.39 is 0 Å². The second-order valence-electron chi connectivity index (χ2n) is 4.15. The van der Waals surface area contributed by atoms with E-state index in [9.17, 15) is 0 Å². The van der Waals surface area contributed by atoms with E-state index in [0.717, 1.165) is 16.4 Å². The molecule has 1 unspecified atom stereocenters. The number of aromatic nitrogens is 2. The lowest BCUT2D eigenvalue weighted by atomic mass is 10.2. The summed E-state index contributed by atoms with van der Waals surface area (Å²) in [5.41, 5.74) is 2.46. The molecule has 0 aliphatic carbocycles. The SMILES string of the molecule is Cc1csc(C(C)Nc2nc(C)ccc2C#N)n1. The van der Waals surface area contributed by atoms with Crippen molar-refractivity contribution >= 4 is 17.2 Å². The molecule has 0 fully saturated rings. The molecule has 0 radical (unpaired) electrons. The molecule has 1 atom stereocenters. The normalized spacial score (nSPS) is 11.9. The summed E-state index contributed by atoms with van der Waals surface area (Å²) in [6.07, 6.45) is 0. The maximum absolute atomic E-state index is 9.05. The van der Waals surface area contributed by atoms with Crippen molar-refractivity contribution in [2.24, 2.45) is 0 Å². The van der Waals surface area contributed by atoms with Gasteiger partial charge in [0.15, 0.2) is 0 Å². The highest BCUT2D eigenvalue weighted by atomic mass is 32.1. The number of rotatable bonds is 3. The van der Waals surface area contributed by atoms with Crippen LogP contribution in [0.15, 0.2) is 17.5 Å². The van der Waals surface area contributed by atoms with E-state index in [-0.39, 0.29) is 6.04 Å². The largest absolute Gasteiger partial charge is 0.360 e. The second kappa shape index (κ2) is 5.15. The highest BCUT2D eigenvalue weighted by molar-refractivity contribution is 7.09. The van der Waals surface area contributed by atoms with Gasteiger partial charge in [-0.25, -0.2) is 9.97 Å². The Balaban J connectivity index is 2.24. The first kappa shape index (κ1) is 12.5. The van der Waals surface area contributed by atoms with E-state index in [4.69, 9.17) is 5.26 Å². The zero-order chi connectivity index (χ0) is 13.1. The average Bonchev–Trinajstić information content (AvgIpc) is 2.76. The third-order valence-corrected chi connectivity index (χ3v) is 3.66. The van der Waals surface area contributed by atoms with Crippen molar-refractivity contribution in [2.75, 3.05) is 5.32 Å². The first-order valence-corrected chi connectivity index (χ1v) is 6.54. The number of thiazole rings is 1. The summed E-state index contributed by atoms with van der Waals surface area (Å²) in [5.74, 6) is 0.623. The smallest absolute Gasteiger partial charge is 0.144 e. The third kappa shape index (κ3) is 2.66. The van der Waals surface area contributed by atoms with Crippen molar-refractivity contribution in [1.82, 2.24) is 9.97 Å². The molecule has 92 valence electrons. The van der Waals surface area contributed by atoms with Gasteiger partial charge in [0.1, 0.15) is 16.9 Å². The van der Waals surface area contributed by atoms with Crippen LogP contribution in [0.5, 0.6) is 0 Å². The van der Waals surface area contributed by atoms with Crippen LogP contribution in [0.1, 0.15) is 34.9 Å². The van der Waals surface area contributed by atoms with Gasteiger partial charge in [0.2, 0.25) is 0 Å². The van der Waals surface area contributed by atoms with Gasteiger partial charge in [-0.15, -0.1) is 11.3 Å². The quantitative estimate of drug-likeness (QED) is 0.918. The first-order valence-electron chi connectivity index (χ1n) is 5.66. The molecule has 5 heteroatoms. The molecule has 0 bridgehead atoms. The molecule has 0 saturated heterocycles. The van der Waals surface area contributed by atoms with Crippen LogP contribution in [-0.4, -0.2) is 9.97 Å². The Labute approximate surface area is 110 Å². The molecule has 0 saturated carbocycles. The topological polar surface area (TPSA) is 61.6 Å². The number of pyridine rings is 1. The monoisotopic (exact) mass is 258 g/mol. The van der Waals surface area contributed by atoms with Gasteiger partial charge >= 0.3 is 0 Å². The molecule has 2 aromatic rings. The van der Waals surface area contributed by atoms with Crippen LogP contribution in [0.2, 0.25) is 0 Å². The summed E-state index contributed by atoms with van der Waals surface area (Å²) in [6.45, 7) is 5.90. The molecule has 0 aliphatic heterocycles. The van der Waals surface area contributed by atoms with E-state index in [1.54, 1.807) is 17.4 Å². The van der Waals surface area contributed by atoms with Crippen LogP contribution in [0, 0.1) is 25.2 Å². The molecule has 0 spiro atoms. The van der Waals surface area contributed by atoms with Crippen molar-refractivity contribution in [3.05, 3.63) is 39.5 Å². The molecule has 0 aromatic carbocycles. The molecule has 18 heavy (non-hydrogen) atoms. The summed E-state index contributed by atoms with van der Waals surface area (Å²) < 4.78 is 0. The fourth-order valence-corrected chi connectivity index (χ4v) is 2.40. The summed E-state index contributed by atoms with van der Waals surface area (Å²) in [5, 5.41) is 15.3. The Morgan fingerprint density at radius 1 is 1.28 bits per heavy atom. The van der Waals surface area contributed by atoms with Gasteiger partial charge in [-0.2, -0.15) is 5.26 Å². The molecule has 0 aliphatic rings. The van der Waals surface area contributed by atoms with Crippen LogP contribution in [0.4, 0.5) is 5.82 Å². The van der Waals surface area contributed by atoms with Crippen LogP contribution < -0.4 is 5.32 Å². The van der Waals surface area contributed by atoms with Gasteiger partial charge in [-0.3, -0.25) is 0 Å². The van der Waals surface area contributed by atoms with Crippen molar-refractivity contribution in [2.45, 2.75) is 26.8 Å². The summed E-state index contributed by atoms with van der Waals surface area (Å²) >= 11 is 1.61. The summed E-state index contributed by atoms with van der Waals surface area (Å²) in [7, 11) is 0. The predicted octanol–water partition coefficient (Wildman–Crippen LogP) is 3.20. The molecule has 2 aromatic heterocycles. The van der Waals surface area contributed by atoms with Gasteiger partial charge in [0.05, 0.1) is 11.6 Å². The maximum Gasteiger partial charge on any atom is 0.144 e. The first-order chi connectivity index (χ1) is 8.60. The molecule has 4 nitrogen and oxygen atoms in total. The van der Waals surface area contributed by atoms with Crippen LogP contribution in [-0.2, 0) is 0 Å². The number of nitriles is 1. The Bertz CT molecular complexity index is 597. The van der Waals surface area contributed by atoms with Gasteiger partial charge in [-0.05, 0) is 32.9 Å². The Morgan fingerprint density at radius 3 is 2.67 bits per heavy atom. The summed E-state index contributed by atoms with van der Waals surface area (Å²) in [6, 6.07) is 5.81. The van der Waals surface area contributed by atoms with Crippen LogP contribution in [0.25, 0.3) is 0 Å². The molecular formula is C13H14N4S. The number of nitrogens with zero attached hydrogens (tertiary/aromatic N) is 3. The predicted molar refractivity (Wildman–Crippen MR) is 72.6 cm³/mol. The maximum atomic E-state index is 9.05. The number of aryl methyl sites for hydroxylation is 2. The van der Waals surface area contributed by atoms with E-state index in [1.165, 1.54) is 0 Å². The van der Waals surface area contributed by atoms with E-state index in [1.807, 2.05) is 32.2 Å². The minimum absolute atomic E-state index is 0.0464. The number of nitrogens with one attached hydrogen (secondary N) is 1. The number of hydrogen-bond acceptors (Lipinski definition) is 5. The fraction of sp³-hybridized carbons (Fsp3) is 0.308. The Morgan fingerprint density at radius 2 is 2.06 bits per heavy atom. The molecule has 0 amide bonds. The zero-order valence-corrected chi connectivity index (χ0v) is 11.4. The van der Waals surface area contributed by atoms with Gasteiger partial charge in [0, 0.05) is 16.8 Å². The minimum Gasteiger partial charge on any atom is -0.360 e. The lowest BCUT2D eigenvalue weighted by Crippen LogP contribution is -2.09. The highest BCUT2D eigenvalue weighted by Gasteiger charge is 2.12.